The Morgan fingerprint density at radius 1 is 1.03 bits per heavy atom. The highest BCUT2D eigenvalue weighted by atomic mass is 16.6. The number of ether oxygens (including phenoxy) is 3. The van der Waals surface area contributed by atoms with E-state index in [1.807, 2.05) is 50.2 Å². The van der Waals surface area contributed by atoms with Crippen LogP contribution in [0.2, 0.25) is 0 Å². The third kappa shape index (κ3) is 5.16. The largest absolute Gasteiger partial charge is 0.491 e. The van der Waals surface area contributed by atoms with Gasteiger partial charge in [-0.1, -0.05) is 30.3 Å². The zero-order chi connectivity index (χ0) is 25.1. The van der Waals surface area contributed by atoms with Crippen molar-refractivity contribution in [2.75, 3.05) is 20.7 Å². The number of amides is 1. The summed E-state index contributed by atoms with van der Waals surface area (Å²) in [4.78, 5) is 25.7. The van der Waals surface area contributed by atoms with Crippen LogP contribution in [0.1, 0.15) is 29.8 Å². The van der Waals surface area contributed by atoms with Crippen LogP contribution in [0.15, 0.2) is 60.8 Å². The molecule has 4 aromatic rings. The van der Waals surface area contributed by atoms with Crippen LogP contribution >= 0.6 is 0 Å². The summed E-state index contributed by atoms with van der Waals surface area (Å²) in [7, 11) is 3.17. The van der Waals surface area contributed by atoms with Crippen molar-refractivity contribution in [3.05, 3.63) is 71.9 Å². The molecule has 0 atom stereocenters. The summed E-state index contributed by atoms with van der Waals surface area (Å²) in [6.45, 7) is 4.25. The second kappa shape index (κ2) is 9.97. The highest BCUT2D eigenvalue weighted by molar-refractivity contribution is 6.12. The van der Waals surface area contributed by atoms with Gasteiger partial charge in [-0.3, -0.25) is 0 Å². The average Bonchev–Trinajstić information content (AvgIpc) is 3.14. The molecule has 1 N–H and O–H groups in total. The molecule has 0 aliphatic heterocycles. The van der Waals surface area contributed by atoms with E-state index in [2.05, 4.69) is 0 Å². The van der Waals surface area contributed by atoms with Crippen molar-refractivity contribution < 1.29 is 28.9 Å². The first-order chi connectivity index (χ1) is 16.7. The summed E-state index contributed by atoms with van der Waals surface area (Å²) < 4.78 is 19.0. The van der Waals surface area contributed by atoms with Crippen LogP contribution in [0.5, 0.6) is 17.2 Å². The van der Waals surface area contributed by atoms with Crippen LogP contribution in [0.4, 0.5) is 4.79 Å². The minimum absolute atomic E-state index is 0.0986. The second-order valence-corrected chi connectivity index (χ2v) is 8.63. The van der Waals surface area contributed by atoms with Crippen LogP contribution in [0, 0.1) is 0 Å². The van der Waals surface area contributed by atoms with Crippen LogP contribution in [0.3, 0.4) is 0 Å². The van der Waals surface area contributed by atoms with Gasteiger partial charge in [0.15, 0.2) is 5.75 Å². The number of carboxylic acids is 1. The van der Waals surface area contributed by atoms with Gasteiger partial charge in [-0.25, -0.2) is 9.59 Å². The van der Waals surface area contributed by atoms with Gasteiger partial charge in [0.05, 0.1) is 30.0 Å². The number of carbonyl (C=O) groups is 2. The van der Waals surface area contributed by atoms with E-state index in [1.54, 1.807) is 42.9 Å². The average molecular weight is 477 g/mol. The van der Waals surface area contributed by atoms with Gasteiger partial charge in [-0.15, -0.1) is 0 Å². The minimum Gasteiger partial charge on any atom is -0.491 e. The van der Waals surface area contributed by atoms with E-state index in [1.165, 1.54) is 4.90 Å². The molecule has 0 spiro atoms. The van der Waals surface area contributed by atoms with Gasteiger partial charge in [0.25, 0.3) is 0 Å². The number of nitrogens with zero attached hydrogens (tertiary/aromatic N) is 2. The van der Waals surface area contributed by atoms with E-state index in [0.29, 0.717) is 35.2 Å². The van der Waals surface area contributed by atoms with Crippen molar-refractivity contribution in [1.82, 2.24) is 9.30 Å². The standard InChI is InChI=1S/C27H28N2O6/c1-17(2)34-19-11-9-18(10-12-19)13-14-33-23-15-20(35-27(32)28(3)4)16-29-22-8-6-5-7-21(22)24(25(23)29)26(30)31/h5-12,15-17H,13-14H2,1-4H3,(H,30,31). The molecule has 182 valence electrons. The molecule has 0 aliphatic rings. The number of rotatable bonds is 8. The maximum absolute atomic E-state index is 12.2. The maximum Gasteiger partial charge on any atom is 0.414 e. The van der Waals surface area contributed by atoms with Crippen molar-refractivity contribution >= 4 is 28.5 Å². The fourth-order valence-electron chi connectivity index (χ4n) is 3.86. The zero-order valence-electron chi connectivity index (χ0n) is 20.1. The molecule has 35 heavy (non-hydrogen) atoms. The number of carboxylic acid groups (broad SMARTS) is 1. The van der Waals surface area contributed by atoms with Gasteiger partial charge in [0, 0.05) is 32.0 Å². The molecule has 0 saturated heterocycles. The maximum atomic E-state index is 12.2. The first kappa shape index (κ1) is 23.9. The van der Waals surface area contributed by atoms with E-state index < -0.39 is 12.1 Å². The molecule has 1 amide bonds. The predicted octanol–water partition coefficient (Wildman–Crippen LogP) is 5.26. The smallest absolute Gasteiger partial charge is 0.414 e. The third-order valence-corrected chi connectivity index (χ3v) is 5.40. The molecule has 0 unspecified atom stereocenters. The quantitative estimate of drug-likeness (QED) is 0.373. The third-order valence-electron chi connectivity index (χ3n) is 5.40. The van der Waals surface area contributed by atoms with Crippen molar-refractivity contribution in [3.8, 4) is 17.2 Å². The molecule has 0 radical (unpaired) electrons. The predicted molar refractivity (Wildman–Crippen MR) is 133 cm³/mol. The number of aromatic carboxylic acids is 1. The number of aromatic nitrogens is 1. The van der Waals surface area contributed by atoms with Crippen molar-refractivity contribution in [1.29, 1.82) is 0 Å². The van der Waals surface area contributed by atoms with Crippen LogP contribution in [-0.4, -0.2) is 53.3 Å². The molecule has 8 heteroatoms. The SMILES string of the molecule is CC(C)Oc1ccc(CCOc2cc(OC(=O)N(C)C)cn3c2c(C(=O)O)c2ccccc23)cc1. The Labute approximate surface area is 203 Å². The fourth-order valence-corrected chi connectivity index (χ4v) is 3.86. The minimum atomic E-state index is -1.06. The summed E-state index contributed by atoms with van der Waals surface area (Å²) >= 11 is 0. The van der Waals surface area contributed by atoms with Crippen LogP contribution in [0.25, 0.3) is 16.4 Å². The van der Waals surface area contributed by atoms with E-state index >= 15 is 0 Å². The molecule has 0 saturated carbocycles. The molecule has 0 fully saturated rings. The van der Waals surface area contributed by atoms with E-state index in [0.717, 1.165) is 11.3 Å². The first-order valence-corrected chi connectivity index (χ1v) is 11.3. The lowest BCUT2D eigenvalue weighted by Crippen LogP contribution is -2.25. The summed E-state index contributed by atoms with van der Waals surface area (Å²) in [5, 5.41) is 10.6. The Morgan fingerprint density at radius 2 is 1.74 bits per heavy atom. The Balaban J connectivity index is 1.69. The Hall–Kier alpha value is -4.20. The Morgan fingerprint density at radius 3 is 2.40 bits per heavy atom. The van der Waals surface area contributed by atoms with Gasteiger partial charge < -0.3 is 28.6 Å². The van der Waals surface area contributed by atoms with Gasteiger partial charge >= 0.3 is 12.1 Å². The molecule has 4 rings (SSSR count). The van der Waals surface area contributed by atoms with E-state index in [9.17, 15) is 14.7 Å². The molecule has 8 nitrogen and oxygen atoms in total. The monoisotopic (exact) mass is 476 g/mol. The van der Waals surface area contributed by atoms with Crippen molar-refractivity contribution in [2.45, 2.75) is 26.4 Å². The molecule has 0 bridgehead atoms. The van der Waals surface area contributed by atoms with Crippen molar-refractivity contribution in [2.24, 2.45) is 0 Å². The lowest BCUT2D eigenvalue weighted by atomic mass is 10.1. The summed E-state index contributed by atoms with van der Waals surface area (Å²) in [6.07, 6.45) is 1.75. The Bertz CT molecular complexity index is 1370. The zero-order valence-corrected chi connectivity index (χ0v) is 20.1. The van der Waals surface area contributed by atoms with Gasteiger partial charge in [0.2, 0.25) is 0 Å². The lowest BCUT2D eigenvalue weighted by Gasteiger charge is -2.14. The van der Waals surface area contributed by atoms with E-state index in [4.69, 9.17) is 14.2 Å². The van der Waals surface area contributed by atoms with Gasteiger partial charge in [-0.05, 0) is 37.6 Å². The number of benzene rings is 2. The highest BCUT2D eigenvalue weighted by Crippen LogP contribution is 2.36. The first-order valence-electron chi connectivity index (χ1n) is 11.3. The lowest BCUT2D eigenvalue weighted by molar-refractivity contribution is 0.0700. The molecule has 2 heterocycles. The van der Waals surface area contributed by atoms with E-state index in [-0.39, 0.29) is 17.4 Å². The number of para-hydroxylation sites is 1. The van der Waals surface area contributed by atoms with Crippen molar-refractivity contribution in [3.63, 3.8) is 0 Å². The molecular weight excluding hydrogens is 448 g/mol. The number of hydrogen-bond donors (Lipinski definition) is 1. The molecule has 2 aromatic heterocycles. The van der Waals surface area contributed by atoms with Gasteiger partial charge in [-0.2, -0.15) is 0 Å². The number of pyridine rings is 1. The highest BCUT2D eigenvalue weighted by Gasteiger charge is 2.23. The Kier molecular flexibility index (Phi) is 6.82. The topological polar surface area (TPSA) is 89.7 Å². The molecular formula is C27H28N2O6. The molecule has 2 aromatic carbocycles. The fraction of sp³-hybridized carbons (Fsp3) is 0.259. The summed E-state index contributed by atoms with van der Waals surface area (Å²) in [5.41, 5.74) is 2.26. The van der Waals surface area contributed by atoms with Crippen LogP contribution in [-0.2, 0) is 6.42 Å². The number of hydrogen-bond acceptors (Lipinski definition) is 5. The second-order valence-electron chi connectivity index (χ2n) is 8.63. The summed E-state index contributed by atoms with van der Waals surface area (Å²) in [5.74, 6) is 0.307. The molecule has 0 aliphatic carbocycles. The normalized spacial score (nSPS) is 11.1. The van der Waals surface area contributed by atoms with Gasteiger partial charge in [0.1, 0.15) is 17.0 Å². The number of carbonyl (C=O) groups excluding carboxylic acids is 1. The number of fused-ring (bicyclic) bond motifs is 3. The van der Waals surface area contributed by atoms with Crippen LogP contribution < -0.4 is 14.2 Å². The summed E-state index contributed by atoms with van der Waals surface area (Å²) in [6, 6.07) is 16.5.